The van der Waals surface area contributed by atoms with Crippen LogP contribution in [0.2, 0.25) is 0 Å². The van der Waals surface area contributed by atoms with Gasteiger partial charge in [-0.25, -0.2) is 4.39 Å². The molecule has 1 aliphatic rings. The molecule has 0 radical (unpaired) electrons. The molecule has 0 aromatic heterocycles. The predicted molar refractivity (Wildman–Crippen MR) is 74.9 cm³/mol. The zero-order chi connectivity index (χ0) is 13.5. The summed E-state index contributed by atoms with van der Waals surface area (Å²) in [5.74, 6) is 0.847. The quantitative estimate of drug-likeness (QED) is 0.775. The molecule has 0 unspecified atom stereocenters. The van der Waals surface area contributed by atoms with Crippen molar-refractivity contribution in [3.8, 4) is 5.75 Å². The normalized spacial score (nSPS) is 16.5. The lowest BCUT2D eigenvalue weighted by Crippen LogP contribution is -2.29. The molecule has 2 N–H and O–H groups in total. The zero-order valence-electron chi connectivity index (χ0n) is 11.5. The molecule has 3 nitrogen and oxygen atoms in total. The highest BCUT2D eigenvalue weighted by Gasteiger charge is 2.12. The number of hydrogen-bond donors (Lipinski definition) is 2. The molecule has 1 fully saturated rings. The molecule has 0 amide bonds. The van der Waals surface area contributed by atoms with Gasteiger partial charge in [-0.1, -0.05) is 6.07 Å². The van der Waals surface area contributed by atoms with Crippen molar-refractivity contribution in [2.75, 3.05) is 26.7 Å². The van der Waals surface area contributed by atoms with Gasteiger partial charge in [0.2, 0.25) is 0 Å². The molecular weight excluding hydrogens is 243 g/mol. The van der Waals surface area contributed by atoms with Crippen LogP contribution < -0.4 is 15.4 Å². The first kappa shape index (κ1) is 14.3. The monoisotopic (exact) mass is 266 g/mol. The maximum atomic E-state index is 13.5. The van der Waals surface area contributed by atoms with E-state index in [1.54, 1.807) is 6.07 Å². The number of rotatable bonds is 6. The fourth-order valence-electron chi connectivity index (χ4n) is 2.53. The van der Waals surface area contributed by atoms with Gasteiger partial charge >= 0.3 is 0 Å². The SMILES string of the molecule is COc1ccc(CNCCC2CCNCC2)cc1F. The number of nitrogens with one attached hydrogen (secondary N) is 2. The Labute approximate surface area is 114 Å². The molecule has 19 heavy (non-hydrogen) atoms. The Morgan fingerprint density at radius 3 is 2.84 bits per heavy atom. The van der Waals surface area contributed by atoms with Gasteiger partial charge in [-0.05, 0) is 62.5 Å². The molecule has 1 aliphatic heterocycles. The van der Waals surface area contributed by atoms with Crippen molar-refractivity contribution in [3.63, 3.8) is 0 Å². The largest absolute Gasteiger partial charge is 0.494 e. The van der Waals surface area contributed by atoms with Gasteiger partial charge in [0.1, 0.15) is 0 Å². The van der Waals surface area contributed by atoms with E-state index in [0.29, 0.717) is 12.3 Å². The summed E-state index contributed by atoms with van der Waals surface area (Å²) in [6, 6.07) is 5.12. The second kappa shape index (κ2) is 7.46. The third kappa shape index (κ3) is 4.48. The van der Waals surface area contributed by atoms with E-state index in [0.717, 1.165) is 31.1 Å². The van der Waals surface area contributed by atoms with E-state index in [9.17, 15) is 4.39 Å². The molecule has 0 atom stereocenters. The fraction of sp³-hybridized carbons (Fsp3) is 0.600. The zero-order valence-corrected chi connectivity index (χ0v) is 11.5. The molecule has 1 aromatic rings. The molecule has 106 valence electrons. The molecule has 4 heteroatoms. The van der Waals surface area contributed by atoms with E-state index in [-0.39, 0.29) is 5.82 Å². The van der Waals surface area contributed by atoms with Crippen molar-refractivity contribution in [2.24, 2.45) is 5.92 Å². The predicted octanol–water partition coefficient (Wildman–Crippen LogP) is 2.31. The second-order valence-electron chi connectivity index (χ2n) is 5.13. The minimum atomic E-state index is -0.292. The summed E-state index contributed by atoms with van der Waals surface area (Å²) in [6.07, 6.45) is 3.76. The first-order chi connectivity index (χ1) is 9.29. The molecule has 0 spiro atoms. The van der Waals surface area contributed by atoms with Crippen LogP contribution in [0.15, 0.2) is 18.2 Å². The van der Waals surface area contributed by atoms with Crippen molar-refractivity contribution in [2.45, 2.75) is 25.8 Å². The number of ether oxygens (including phenoxy) is 1. The van der Waals surface area contributed by atoms with Gasteiger partial charge < -0.3 is 15.4 Å². The smallest absolute Gasteiger partial charge is 0.165 e. The van der Waals surface area contributed by atoms with Crippen LogP contribution in [-0.4, -0.2) is 26.7 Å². The van der Waals surface area contributed by atoms with Crippen molar-refractivity contribution >= 4 is 0 Å². The average molecular weight is 266 g/mol. The highest BCUT2D eigenvalue weighted by molar-refractivity contribution is 5.29. The Morgan fingerprint density at radius 1 is 1.37 bits per heavy atom. The summed E-state index contributed by atoms with van der Waals surface area (Å²) in [5, 5.41) is 6.76. The minimum absolute atomic E-state index is 0.292. The molecule has 1 heterocycles. The lowest BCUT2D eigenvalue weighted by atomic mass is 9.95. The van der Waals surface area contributed by atoms with Gasteiger partial charge in [-0.3, -0.25) is 0 Å². The van der Waals surface area contributed by atoms with E-state index in [1.807, 2.05) is 6.07 Å². The Bertz CT molecular complexity index is 392. The molecule has 1 saturated heterocycles. The van der Waals surface area contributed by atoms with E-state index in [2.05, 4.69) is 10.6 Å². The van der Waals surface area contributed by atoms with E-state index in [4.69, 9.17) is 4.74 Å². The topological polar surface area (TPSA) is 33.3 Å². The third-order valence-electron chi connectivity index (χ3n) is 3.73. The van der Waals surface area contributed by atoms with Crippen molar-refractivity contribution in [3.05, 3.63) is 29.6 Å². The first-order valence-electron chi connectivity index (χ1n) is 7.03. The molecule has 2 rings (SSSR count). The van der Waals surface area contributed by atoms with Gasteiger partial charge in [0, 0.05) is 6.54 Å². The number of hydrogen-bond acceptors (Lipinski definition) is 3. The van der Waals surface area contributed by atoms with E-state index in [1.165, 1.54) is 32.4 Å². The van der Waals surface area contributed by atoms with Gasteiger partial charge in [-0.15, -0.1) is 0 Å². The third-order valence-corrected chi connectivity index (χ3v) is 3.73. The van der Waals surface area contributed by atoms with Crippen molar-refractivity contribution in [1.82, 2.24) is 10.6 Å². The summed E-state index contributed by atoms with van der Waals surface area (Å²) in [7, 11) is 1.48. The number of benzene rings is 1. The fourth-order valence-corrected chi connectivity index (χ4v) is 2.53. The van der Waals surface area contributed by atoms with E-state index >= 15 is 0 Å². The molecule has 0 bridgehead atoms. The maximum absolute atomic E-state index is 13.5. The molecular formula is C15H23FN2O. The van der Waals surface area contributed by atoms with E-state index < -0.39 is 0 Å². The Kier molecular flexibility index (Phi) is 5.61. The number of methoxy groups -OCH3 is 1. The number of halogens is 1. The Balaban J connectivity index is 1.69. The van der Waals surface area contributed by atoms with Crippen LogP contribution in [0.25, 0.3) is 0 Å². The second-order valence-corrected chi connectivity index (χ2v) is 5.13. The molecule has 0 aliphatic carbocycles. The van der Waals surface area contributed by atoms with Crippen LogP contribution in [0.3, 0.4) is 0 Å². The Morgan fingerprint density at radius 2 is 2.16 bits per heavy atom. The first-order valence-corrected chi connectivity index (χ1v) is 7.03. The van der Waals surface area contributed by atoms with Crippen molar-refractivity contribution in [1.29, 1.82) is 0 Å². The minimum Gasteiger partial charge on any atom is -0.494 e. The summed E-state index contributed by atoms with van der Waals surface area (Å²) in [5.41, 5.74) is 0.962. The summed E-state index contributed by atoms with van der Waals surface area (Å²) in [6.45, 7) is 4.01. The van der Waals surface area contributed by atoms with Gasteiger partial charge in [0.15, 0.2) is 11.6 Å². The summed E-state index contributed by atoms with van der Waals surface area (Å²) < 4.78 is 18.4. The molecule has 1 aromatic carbocycles. The average Bonchev–Trinajstić information content (AvgIpc) is 2.45. The van der Waals surface area contributed by atoms with Gasteiger partial charge in [-0.2, -0.15) is 0 Å². The summed E-state index contributed by atoms with van der Waals surface area (Å²) >= 11 is 0. The lowest BCUT2D eigenvalue weighted by molar-refractivity contribution is 0.348. The van der Waals surface area contributed by atoms with Crippen LogP contribution in [0.5, 0.6) is 5.75 Å². The van der Waals surface area contributed by atoms with Crippen LogP contribution in [-0.2, 0) is 6.54 Å². The highest BCUT2D eigenvalue weighted by Crippen LogP contribution is 2.18. The highest BCUT2D eigenvalue weighted by atomic mass is 19.1. The summed E-state index contributed by atoms with van der Waals surface area (Å²) in [4.78, 5) is 0. The number of piperidine rings is 1. The van der Waals surface area contributed by atoms with Crippen LogP contribution in [0, 0.1) is 11.7 Å². The Hall–Kier alpha value is -1.13. The van der Waals surface area contributed by atoms with Crippen LogP contribution in [0.1, 0.15) is 24.8 Å². The van der Waals surface area contributed by atoms with Gasteiger partial charge in [0.25, 0.3) is 0 Å². The van der Waals surface area contributed by atoms with Crippen LogP contribution in [0.4, 0.5) is 4.39 Å². The van der Waals surface area contributed by atoms with Crippen molar-refractivity contribution < 1.29 is 9.13 Å². The standard InChI is InChI=1S/C15H23FN2O/c1-19-15-3-2-13(10-14(15)16)11-18-9-6-12-4-7-17-8-5-12/h2-3,10,12,17-18H,4-9,11H2,1H3. The van der Waals surface area contributed by atoms with Gasteiger partial charge in [0.05, 0.1) is 7.11 Å². The maximum Gasteiger partial charge on any atom is 0.165 e. The van der Waals surface area contributed by atoms with Crippen LogP contribution >= 0.6 is 0 Å². The lowest BCUT2D eigenvalue weighted by Gasteiger charge is -2.22. The molecule has 0 saturated carbocycles.